The lowest BCUT2D eigenvalue weighted by molar-refractivity contribution is 0.102. The summed E-state index contributed by atoms with van der Waals surface area (Å²) < 4.78 is 28.9. The van der Waals surface area contributed by atoms with E-state index < -0.39 is 9.84 Å². The number of fused-ring (bicyclic) bond motifs is 1. The van der Waals surface area contributed by atoms with Gasteiger partial charge in [-0.2, -0.15) is 0 Å². The van der Waals surface area contributed by atoms with Gasteiger partial charge in [0.05, 0.1) is 4.90 Å². The zero-order valence-electron chi connectivity index (χ0n) is 14.8. The number of carbonyl (C=O) groups is 1. The van der Waals surface area contributed by atoms with Crippen molar-refractivity contribution < 1.29 is 17.6 Å². The molecule has 0 saturated carbocycles. The molecule has 8 heteroatoms. The van der Waals surface area contributed by atoms with Crippen LogP contribution < -0.4 is 5.32 Å². The summed E-state index contributed by atoms with van der Waals surface area (Å²) in [5, 5.41) is 12.1. The highest BCUT2D eigenvalue weighted by Gasteiger charge is 2.16. The van der Waals surface area contributed by atoms with Crippen LogP contribution in [0.3, 0.4) is 0 Å². The fraction of sp³-hybridized carbons (Fsp3) is 0.0500. The summed E-state index contributed by atoms with van der Waals surface area (Å²) in [6, 6.07) is 19.1. The first-order valence-electron chi connectivity index (χ1n) is 8.35. The number of hydrogen-bond acceptors (Lipinski definition) is 6. The minimum atomic E-state index is -3.36. The van der Waals surface area contributed by atoms with Crippen molar-refractivity contribution in [1.29, 1.82) is 0 Å². The molecule has 0 bridgehead atoms. The minimum absolute atomic E-state index is 0.0716. The van der Waals surface area contributed by atoms with Gasteiger partial charge >= 0.3 is 6.01 Å². The average Bonchev–Trinajstić information content (AvgIpc) is 3.15. The third-order valence-corrected chi connectivity index (χ3v) is 5.30. The molecule has 0 spiro atoms. The van der Waals surface area contributed by atoms with E-state index in [-0.39, 0.29) is 22.7 Å². The Morgan fingerprint density at radius 3 is 2.54 bits per heavy atom. The zero-order chi connectivity index (χ0) is 19.7. The monoisotopic (exact) mass is 393 g/mol. The smallest absolute Gasteiger partial charge is 0.322 e. The predicted molar refractivity (Wildman–Crippen MR) is 105 cm³/mol. The SMILES string of the molecule is CS(=O)(=O)c1cccc(-c2nnc(NC(=O)c3cccc4ccccc34)o2)c1. The Bertz CT molecular complexity index is 1290. The number of carbonyl (C=O) groups excluding carboxylic acids is 1. The number of rotatable bonds is 4. The van der Waals surface area contributed by atoms with E-state index >= 15 is 0 Å². The molecule has 1 aromatic heterocycles. The van der Waals surface area contributed by atoms with E-state index in [1.165, 1.54) is 12.1 Å². The third kappa shape index (κ3) is 3.49. The van der Waals surface area contributed by atoms with Crippen molar-refractivity contribution in [2.24, 2.45) is 0 Å². The minimum Gasteiger partial charge on any atom is -0.403 e. The van der Waals surface area contributed by atoms with Crippen molar-refractivity contribution in [3.8, 4) is 11.5 Å². The van der Waals surface area contributed by atoms with Crippen molar-refractivity contribution in [3.05, 3.63) is 72.3 Å². The van der Waals surface area contributed by atoms with Crippen LogP contribution in [0, 0.1) is 0 Å². The summed E-state index contributed by atoms with van der Waals surface area (Å²) in [6.45, 7) is 0. The predicted octanol–water partition coefficient (Wildman–Crippen LogP) is 3.55. The van der Waals surface area contributed by atoms with E-state index in [4.69, 9.17) is 4.42 Å². The van der Waals surface area contributed by atoms with Gasteiger partial charge in [0.25, 0.3) is 5.91 Å². The van der Waals surface area contributed by atoms with Gasteiger partial charge in [0.1, 0.15) is 0 Å². The van der Waals surface area contributed by atoms with E-state index in [1.54, 1.807) is 24.3 Å². The molecule has 0 aliphatic carbocycles. The van der Waals surface area contributed by atoms with E-state index in [9.17, 15) is 13.2 Å². The highest BCUT2D eigenvalue weighted by Crippen LogP contribution is 2.24. The van der Waals surface area contributed by atoms with Gasteiger partial charge in [0.2, 0.25) is 5.89 Å². The maximum Gasteiger partial charge on any atom is 0.322 e. The quantitative estimate of drug-likeness (QED) is 0.569. The van der Waals surface area contributed by atoms with Crippen molar-refractivity contribution in [2.75, 3.05) is 11.6 Å². The molecular weight excluding hydrogens is 378 g/mol. The Hall–Kier alpha value is -3.52. The molecule has 3 aromatic carbocycles. The molecule has 0 fully saturated rings. The molecule has 0 radical (unpaired) electrons. The van der Waals surface area contributed by atoms with Gasteiger partial charge in [-0.15, -0.1) is 5.10 Å². The number of aromatic nitrogens is 2. The van der Waals surface area contributed by atoms with Gasteiger partial charge in [0.15, 0.2) is 9.84 Å². The molecule has 4 rings (SSSR count). The third-order valence-electron chi connectivity index (χ3n) is 4.19. The summed E-state index contributed by atoms with van der Waals surface area (Å²) in [4.78, 5) is 12.8. The van der Waals surface area contributed by atoms with Gasteiger partial charge in [-0.25, -0.2) is 8.42 Å². The number of sulfone groups is 1. The standard InChI is InChI=1S/C20H15N3O4S/c1-28(25,26)15-9-4-8-14(12-15)19-22-23-20(27-19)21-18(24)17-11-5-7-13-6-2-3-10-16(13)17/h2-12H,1H3,(H,21,23,24). The molecule has 1 N–H and O–H groups in total. The number of hydrogen-bond donors (Lipinski definition) is 1. The number of benzene rings is 3. The second-order valence-electron chi connectivity index (χ2n) is 6.19. The summed E-state index contributed by atoms with van der Waals surface area (Å²) in [7, 11) is -3.36. The molecule has 140 valence electrons. The molecule has 28 heavy (non-hydrogen) atoms. The van der Waals surface area contributed by atoms with E-state index in [1.807, 2.05) is 30.3 Å². The normalized spacial score (nSPS) is 11.5. The van der Waals surface area contributed by atoms with E-state index in [0.29, 0.717) is 11.1 Å². The molecule has 0 aliphatic rings. The molecular formula is C20H15N3O4S. The summed E-state index contributed by atoms with van der Waals surface area (Å²) >= 11 is 0. The summed E-state index contributed by atoms with van der Waals surface area (Å²) in [5.41, 5.74) is 0.929. The van der Waals surface area contributed by atoms with Crippen LogP contribution in [0.2, 0.25) is 0 Å². The van der Waals surface area contributed by atoms with Crippen molar-refractivity contribution >= 4 is 32.5 Å². The fourth-order valence-electron chi connectivity index (χ4n) is 2.84. The largest absolute Gasteiger partial charge is 0.403 e. The second kappa shape index (κ2) is 6.90. The van der Waals surface area contributed by atoms with Crippen LogP contribution in [0.4, 0.5) is 6.01 Å². The van der Waals surface area contributed by atoms with Gasteiger partial charge in [-0.3, -0.25) is 10.1 Å². The first kappa shape index (κ1) is 17.9. The first-order valence-corrected chi connectivity index (χ1v) is 10.2. The zero-order valence-corrected chi connectivity index (χ0v) is 15.6. The van der Waals surface area contributed by atoms with Crippen molar-refractivity contribution in [3.63, 3.8) is 0 Å². The average molecular weight is 393 g/mol. The molecule has 1 amide bonds. The van der Waals surface area contributed by atoms with Crippen LogP contribution in [0.15, 0.2) is 76.0 Å². The Labute approximate surface area is 160 Å². The molecule has 0 saturated heterocycles. The van der Waals surface area contributed by atoms with E-state index in [0.717, 1.165) is 17.0 Å². The summed E-state index contributed by atoms with van der Waals surface area (Å²) in [5.74, 6) is -0.268. The van der Waals surface area contributed by atoms with Crippen LogP contribution in [0.5, 0.6) is 0 Å². The molecule has 0 aliphatic heterocycles. The van der Waals surface area contributed by atoms with Gasteiger partial charge < -0.3 is 4.42 Å². The highest BCUT2D eigenvalue weighted by atomic mass is 32.2. The van der Waals surface area contributed by atoms with Gasteiger partial charge in [-0.1, -0.05) is 47.6 Å². The molecule has 1 heterocycles. The lowest BCUT2D eigenvalue weighted by atomic mass is 10.0. The van der Waals surface area contributed by atoms with Crippen LogP contribution >= 0.6 is 0 Å². The van der Waals surface area contributed by atoms with Crippen LogP contribution in [-0.2, 0) is 9.84 Å². The van der Waals surface area contributed by atoms with Crippen molar-refractivity contribution in [2.45, 2.75) is 4.90 Å². The maximum atomic E-state index is 12.6. The van der Waals surface area contributed by atoms with Crippen molar-refractivity contribution in [1.82, 2.24) is 10.2 Å². The van der Waals surface area contributed by atoms with Gasteiger partial charge in [0, 0.05) is 17.4 Å². The number of nitrogens with one attached hydrogen (secondary N) is 1. The number of nitrogens with zero attached hydrogens (tertiary/aromatic N) is 2. The fourth-order valence-corrected chi connectivity index (χ4v) is 3.50. The second-order valence-corrected chi connectivity index (χ2v) is 8.21. The number of amides is 1. The van der Waals surface area contributed by atoms with Crippen LogP contribution in [0.1, 0.15) is 10.4 Å². The summed E-state index contributed by atoms with van der Waals surface area (Å²) in [6.07, 6.45) is 1.12. The first-order chi connectivity index (χ1) is 13.4. The van der Waals surface area contributed by atoms with Crippen LogP contribution in [0.25, 0.3) is 22.2 Å². The highest BCUT2D eigenvalue weighted by molar-refractivity contribution is 7.90. The van der Waals surface area contributed by atoms with Gasteiger partial charge in [-0.05, 0) is 35.0 Å². The Balaban J connectivity index is 1.61. The molecule has 4 aromatic rings. The Kier molecular flexibility index (Phi) is 4.40. The Morgan fingerprint density at radius 2 is 1.71 bits per heavy atom. The topological polar surface area (TPSA) is 102 Å². The van der Waals surface area contributed by atoms with Crippen LogP contribution in [-0.4, -0.2) is 30.8 Å². The number of anilines is 1. The lowest BCUT2D eigenvalue weighted by Crippen LogP contribution is -2.12. The Morgan fingerprint density at radius 1 is 0.964 bits per heavy atom. The molecule has 0 atom stereocenters. The van der Waals surface area contributed by atoms with E-state index in [2.05, 4.69) is 15.5 Å². The molecule has 0 unspecified atom stereocenters. The lowest BCUT2D eigenvalue weighted by Gasteiger charge is -2.05. The maximum absolute atomic E-state index is 12.6. The molecule has 7 nitrogen and oxygen atoms in total.